The number of hydrogen-bond donors (Lipinski definition) is 1. The summed E-state index contributed by atoms with van der Waals surface area (Å²) in [4.78, 5) is 15.0. The van der Waals surface area contributed by atoms with Crippen LogP contribution in [0, 0.1) is 0 Å². The maximum atomic E-state index is 13.8. The van der Waals surface area contributed by atoms with Crippen molar-refractivity contribution < 1.29 is 19.0 Å². The average Bonchev–Trinajstić information content (AvgIpc) is 3.47. The Balaban J connectivity index is 1.47. The molecule has 6 heteroatoms. The third kappa shape index (κ3) is 4.38. The third-order valence-electron chi connectivity index (χ3n) is 7.06. The van der Waals surface area contributed by atoms with Gasteiger partial charge in [-0.2, -0.15) is 0 Å². The number of ketones is 1. The zero-order valence-electron chi connectivity index (χ0n) is 20.7. The minimum Gasteiger partial charge on any atom is -0.493 e. The molecule has 3 aromatic carbocycles. The highest BCUT2D eigenvalue weighted by molar-refractivity contribution is 7.10. The lowest BCUT2D eigenvalue weighted by Crippen LogP contribution is -2.29. The predicted octanol–water partition coefficient (Wildman–Crippen LogP) is 7.52. The normalized spacial score (nSPS) is 18.5. The Morgan fingerprint density at radius 3 is 2.38 bits per heavy atom. The zero-order chi connectivity index (χ0) is 25.4. The summed E-state index contributed by atoms with van der Waals surface area (Å²) in [6.45, 7) is 0. The van der Waals surface area contributed by atoms with Gasteiger partial charge >= 0.3 is 0 Å². The molecular weight excluding hydrogens is 482 g/mol. The van der Waals surface area contributed by atoms with Crippen LogP contribution in [0.4, 0.5) is 5.69 Å². The Morgan fingerprint density at radius 1 is 0.838 bits per heavy atom. The van der Waals surface area contributed by atoms with E-state index in [1.807, 2.05) is 60.7 Å². The van der Waals surface area contributed by atoms with Crippen molar-refractivity contribution in [3.8, 4) is 23.0 Å². The van der Waals surface area contributed by atoms with Crippen LogP contribution in [0.25, 0.3) is 0 Å². The van der Waals surface area contributed by atoms with Gasteiger partial charge < -0.3 is 19.5 Å². The number of nitrogens with one attached hydrogen (secondary N) is 1. The molecule has 0 fully saturated rings. The van der Waals surface area contributed by atoms with Crippen molar-refractivity contribution in [2.45, 2.75) is 24.7 Å². The molecular formula is C31H27NO4S. The first-order chi connectivity index (χ1) is 18.1. The van der Waals surface area contributed by atoms with E-state index in [0.29, 0.717) is 17.9 Å². The fourth-order valence-corrected chi connectivity index (χ4v) is 6.23. The average molecular weight is 510 g/mol. The largest absolute Gasteiger partial charge is 0.493 e. The maximum absolute atomic E-state index is 13.8. The molecule has 0 spiro atoms. The molecule has 1 aliphatic heterocycles. The number of methoxy groups -OCH3 is 2. The molecule has 6 rings (SSSR count). The molecule has 5 nitrogen and oxygen atoms in total. The van der Waals surface area contributed by atoms with Crippen molar-refractivity contribution in [2.24, 2.45) is 0 Å². The molecule has 4 aromatic rings. The highest BCUT2D eigenvalue weighted by atomic mass is 32.1. The minimum atomic E-state index is -0.248. The predicted molar refractivity (Wildman–Crippen MR) is 146 cm³/mol. The quantitative estimate of drug-likeness (QED) is 0.291. The number of fused-ring (bicyclic) bond motifs is 1. The molecule has 2 heterocycles. The fourth-order valence-electron chi connectivity index (χ4n) is 5.40. The summed E-state index contributed by atoms with van der Waals surface area (Å²) >= 11 is 1.71. The molecule has 0 unspecified atom stereocenters. The topological polar surface area (TPSA) is 56.8 Å². The number of ether oxygens (including phenoxy) is 3. The molecule has 2 atom stereocenters. The lowest BCUT2D eigenvalue weighted by atomic mass is 9.73. The molecule has 1 N–H and O–H groups in total. The Labute approximate surface area is 220 Å². The van der Waals surface area contributed by atoms with Gasteiger partial charge in [-0.3, -0.25) is 4.79 Å². The van der Waals surface area contributed by atoms with E-state index in [2.05, 4.69) is 28.9 Å². The lowest BCUT2D eigenvalue weighted by Gasteiger charge is -2.36. The highest BCUT2D eigenvalue weighted by Crippen LogP contribution is 2.51. The summed E-state index contributed by atoms with van der Waals surface area (Å²) in [5.74, 6) is 2.88. The van der Waals surface area contributed by atoms with Gasteiger partial charge in [-0.1, -0.05) is 36.4 Å². The van der Waals surface area contributed by atoms with Gasteiger partial charge in [-0.15, -0.1) is 11.3 Å². The second kappa shape index (κ2) is 9.79. The van der Waals surface area contributed by atoms with Gasteiger partial charge in [0.2, 0.25) is 0 Å². The van der Waals surface area contributed by atoms with E-state index in [1.54, 1.807) is 25.6 Å². The van der Waals surface area contributed by atoms with Gasteiger partial charge in [0.1, 0.15) is 11.5 Å². The van der Waals surface area contributed by atoms with Gasteiger partial charge in [0.25, 0.3) is 0 Å². The molecule has 0 bridgehead atoms. The Hall–Kier alpha value is -4.03. The van der Waals surface area contributed by atoms with Crippen LogP contribution in [0.15, 0.2) is 95.5 Å². The summed E-state index contributed by atoms with van der Waals surface area (Å²) in [6, 6.07) is 25.9. The summed E-state index contributed by atoms with van der Waals surface area (Å²) in [6.07, 6.45) is 1.28. The van der Waals surface area contributed by atoms with E-state index in [0.717, 1.165) is 46.0 Å². The van der Waals surface area contributed by atoms with Crippen LogP contribution < -0.4 is 19.5 Å². The Kier molecular flexibility index (Phi) is 6.18. The van der Waals surface area contributed by atoms with Crippen LogP contribution in [-0.2, 0) is 4.79 Å². The van der Waals surface area contributed by atoms with E-state index in [9.17, 15) is 4.79 Å². The maximum Gasteiger partial charge on any atom is 0.162 e. The SMILES string of the molecule is COc1cc2c(cc1OC)[C@H](c1cccc(Oc3ccccc3)c1)C1=C(C[C@H](c3cccs3)CC1=O)N2. The van der Waals surface area contributed by atoms with E-state index < -0.39 is 0 Å². The third-order valence-corrected chi connectivity index (χ3v) is 8.10. The smallest absolute Gasteiger partial charge is 0.162 e. The number of allylic oxidation sites excluding steroid dienone is 2. The molecule has 1 aliphatic carbocycles. The van der Waals surface area contributed by atoms with E-state index in [1.165, 1.54) is 4.88 Å². The molecule has 37 heavy (non-hydrogen) atoms. The number of hydrogen-bond acceptors (Lipinski definition) is 6. The number of benzene rings is 3. The van der Waals surface area contributed by atoms with Crippen LogP contribution in [0.3, 0.4) is 0 Å². The van der Waals surface area contributed by atoms with Crippen molar-refractivity contribution in [2.75, 3.05) is 19.5 Å². The Bertz CT molecular complexity index is 1480. The standard InChI is InChI=1S/C31H27NO4S/c1-34-27-17-23-24(18-28(27)35-2)32-25-15-20(29-12-7-13-37-29)16-26(33)31(25)30(23)19-8-6-11-22(14-19)36-21-9-4-3-5-10-21/h3-14,17-18,20,30,32H,15-16H2,1-2H3/t20-,30-/m0/s1. The van der Waals surface area contributed by atoms with Crippen molar-refractivity contribution in [3.63, 3.8) is 0 Å². The lowest BCUT2D eigenvalue weighted by molar-refractivity contribution is -0.116. The van der Waals surface area contributed by atoms with E-state index >= 15 is 0 Å². The monoisotopic (exact) mass is 509 g/mol. The summed E-state index contributed by atoms with van der Waals surface area (Å²) in [5.41, 5.74) is 4.71. The molecule has 0 amide bonds. The number of carbonyl (C=O) groups excluding carboxylic acids is 1. The van der Waals surface area contributed by atoms with Crippen molar-refractivity contribution >= 4 is 22.8 Å². The van der Waals surface area contributed by atoms with Gasteiger partial charge in [0.05, 0.1) is 14.2 Å². The molecule has 0 saturated carbocycles. The number of Topliss-reactive ketones (excluding diaryl/α,β-unsaturated/α-hetero) is 1. The second-order valence-corrected chi connectivity index (χ2v) is 10.3. The van der Waals surface area contributed by atoms with Crippen LogP contribution in [0.1, 0.15) is 40.7 Å². The number of rotatable bonds is 6. The molecule has 0 saturated heterocycles. The van der Waals surface area contributed by atoms with Gasteiger partial charge in [0, 0.05) is 46.2 Å². The highest BCUT2D eigenvalue weighted by Gasteiger charge is 2.39. The van der Waals surface area contributed by atoms with E-state index in [-0.39, 0.29) is 17.6 Å². The van der Waals surface area contributed by atoms with Crippen molar-refractivity contribution in [3.05, 3.63) is 112 Å². The molecule has 2 aliphatic rings. The van der Waals surface area contributed by atoms with Crippen LogP contribution in [-0.4, -0.2) is 20.0 Å². The number of carbonyl (C=O) groups is 1. The number of anilines is 1. The molecule has 0 radical (unpaired) electrons. The Morgan fingerprint density at radius 2 is 1.62 bits per heavy atom. The van der Waals surface area contributed by atoms with Gasteiger partial charge in [-0.25, -0.2) is 0 Å². The summed E-state index contributed by atoms with van der Waals surface area (Å²) in [5, 5.41) is 5.67. The molecule has 186 valence electrons. The van der Waals surface area contributed by atoms with Crippen molar-refractivity contribution in [1.82, 2.24) is 0 Å². The number of thiophene rings is 1. The first-order valence-corrected chi connectivity index (χ1v) is 13.2. The minimum absolute atomic E-state index is 0.173. The first kappa shape index (κ1) is 23.4. The molecule has 1 aromatic heterocycles. The van der Waals surface area contributed by atoms with Gasteiger partial charge in [0.15, 0.2) is 17.3 Å². The van der Waals surface area contributed by atoms with Crippen LogP contribution in [0.2, 0.25) is 0 Å². The summed E-state index contributed by atoms with van der Waals surface area (Å²) < 4.78 is 17.4. The number of para-hydroxylation sites is 1. The zero-order valence-corrected chi connectivity index (χ0v) is 21.5. The summed E-state index contributed by atoms with van der Waals surface area (Å²) in [7, 11) is 3.27. The van der Waals surface area contributed by atoms with Crippen LogP contribution >= 0.6 is 11.3 Å². The van der Waals surface area contributed by atoms with E-state index in [4.69, 9.17) is 14.2 Å². The first-order valence-electron chi connectivity index (χ1n) is 12.3. The fraction of sp³-hybridized carbons (Fsp3) is 0.194. The van der Waals surface area contributed by atoms with Crippen LogP contribution in [0.5, 0.6) is 23.0 Å². The van der Waals surface area contributed by atoms with Gasteiger partial charge in [-0.05, 0) is 59.3 Å². The van der Waals surface area contributed by atoms with Crippen molar-refractivity contribution in [1.29, 1.82) is 0 Å². The second-order valence-electron chi connectivity index (χ2n) is 9.28.